The lowest BCUT2D eigenvalue weighted by atomic mass is 9.97. The number of rotatable bonds is 4. The third-order valence-corrected chi connectivity index (χ3v) is 6.53. The van der Waals surface area contributed by atoms with Gasteiger partial charge in [0.25, 0.3) is 0 Å². The number of amides is 1. The highest BCUT2D eigenvalue weighted by atomic mass is 16.5. The second-order valence-corrected chi connectivity index (χ2v) is 8.76. The van der Waals surface area contributed by atoms with Crippen LogP contribution in [0.2, 0.25) is 0 Å². The van der Waals surface area contributed by atoms with Crippen LogP contribution in [0, 0.1) is 12.8 Å². The van der Waals surface area contributed by atoms with E-state index >= 15 is 0 Å². The summed E-state index contributed by atoms with van der Waals surface area (Å²) in [7, 11) is 0. The van der Waals surface area contributed by atoms with E-state index in [0.717, 1.165) is 43.5 Å². The second kappa shape index (κ2) is 7.75. The van der Waals surface area contributed by atoms with Crippen LogP contribution in [0.25, 0.3) is 22.0 Å². The first-order valence-electron chi connectivity index (χ1n) is 11.0. The number of hydrogen-bond donors (Lipinski definition) is 0. The number of aryl methyl sites for hydroxylation is 1. The largest absolute Gasteiger partial charge is 0.490 e. The van der Waals surface area contributed by atoms with Crippen molar-refractivity contribution >= 4 is 16.8 Å². The average Bonchev–Trinajstić information content (AvgIpc) is 3.60. The molecule has 5 rings (SSSR count). The summed E-state index contributed by atoms with van der Waals surface area (Å²) >= 11 is 0. The van der Waals surface area contributed by atoms with Gasteiger partial charge in [0.05, 0.1) is 5.52 Å². The summed E-state index contributed by atoms with van der Waals surface area (Å²) < 4.78 is 6.27. The molecule has 0 spiro atoms. The smallest absolute Gasteiger partial charge is 0.225 e. The number of piperidine rings is 1. The predicted molar refractivity (Wildman–Crippen MR) is 119 cm³/mol. The standard InChI is InChI=1S/C26H28N2O2/c1-17-16-23(13-15-28(17)26(29)21-5-6-21)30-22-10-7-19(8-11-22)24-12-9-20-4-3-14-27-25(20)18(24)2/h3-4,7-12,14,17,21,23H,5-6,13,15-16H2,1-2H3. The maximum Gasteiger partial charge on any atom is 0.225 e. The third-order valence-electron chi connectivity index (χ3n) is 6.53. The van der Waals surface area contributed by atoms with Crippen molar-refractivity contribution in [3.63, 3.8) is 0 Å². The Morgan fingerprint density at radius 1 is 1.07 bits per heavy atom. The summed E-state index contributed by atoms with van der Waals surface area (Å²) in [6, 6.07) is 17.0. The van der Waals surface area contributed by atoms with Crippen molar-refractivity contribution in [2.45, 2.75) is 51.7 Å². The van der Waals surface area contributed by atoms with Crippen molar-refractivity contribution in [1.82, 2.24) is 9.88 Å². The number of aromatic nitrogens is 1. The fourth-order valence-electron chi connectivity index (χ4n) is 4.64. The molecule has 3 aromatic rings. The van der Waals surface area contributed by atoms with Crippen LogP contribution in [0.5, 0.6) is 5.75 Å². The summed E-state index contributed by atoms with van der Waals surface area (Å²) in [4.78, 5) is 19.0. The summed E-state index contributed by atoms with van der Waals surface area (Å²) in [5, 5.41) is 1.17. The van der Waals surface area contributed by atoms with Gasteiger partial charge in [0.2, 0.25) is 5.91 Å². The van der Waals surface area contributed by atoms with Gasteiger partial charge in [0.15, 0.2) is 0 Å². The number of hydrogen-bond acceptors (Lipinski definition) is 3. The van der Waals surface area contributed by atoms with Crippen molar-refractivity contribution in [1.29, 1.82) is 0 Å². The third kappa shape index (κ3) is 3.67. The number of carbonyl (C=O) groups is 1. The fraction of sp³-hybridized carbons (Fsp3) is 0.385. The lowest BCUT2D eigenvalue weighted by Crippen LogP contribution is -2.48. The van der Waals surface area contributed by atoms with E-state index < -0.39 is 0 Å². The van der Waals surface area contributed by atoms with Crippen LogP contribution < -0.4 is 4.74 Å². The topological polar surface area (TPSA) is 42.4 Å². The molecule has 2 unspecified atom stereocenters. The van der Waals surface area contributed by atoms with Gasteiger partial charge in [0.1, 0.15) is 11.9 Å². The maximum absolute atomic E-state index is 12.4. The number of carbonyl (C=O) groups excluding carboxylic acids is 1. The van der Waals surface area contributed by atoms with Gasteiger partial charge in [0, 0.05) is 42.9 Å². The Hall–Kier alpha value is -2.88. The van der Waals surface area contributed by atoms with E-state index in [-0.39, 0.29) is 12.1 Å². The molecule has 2 aliphatic rings. The van der Waals surface area contributed by atoms with Gasteiger partial charge in [-0.25, -0.2) is 0 Å². The quantitative estimate of drug-likeness (QED) is 0.591. The van der Waals surface area contributed by atoms with Crippen molar-refractivity contribution in [3.05, 3.63) is 60.3 Å². The van der Waals surface area contributed by atoms with Crippen molar-refractivity contribution in [3.8, 4) is 16.9 Å². The molecule has 1 aliphatic carbocycles. The second-order valence-electron chi connectivity index (χ2n) is 8.76. The molecule has 0 bridgehead atoms. The molecule has 1 amide bonds. The monoisotopic (exact) mass is 400 g/mol. The molecule has 4 nitrogen and oxygen atoms in total. The zero-order valence-electron chi connectivity index (χ0n) is 17.7. The minimum absolute atomic E-state index is 0.167. The lowest BCUT2D eigenvalue weighted by Gasteiger charge is -2.37. The molecule has 2 aromatic carbocycles. The highest BCUT2D eigenvalue weighted by molar-refractivity contribution is 5.88. The number of pyridine rings is 1. The molecule has 2 atom stereocenters. The van der Waals surface area contributed by atoms with Crippen LogP contribution in [-0.2, 0) is 4.79 Å². The van der Waals surface area contributed by atoms with E-state index in [1.807, 2.05) is 12.3 Å². The molecular formula is C26H28N2O2. The normalized spacial score (nSPS) is 21.6. The zero-order chi connectivity index (χ0) is 20.7. The molecule has 4 heteroatoms. The van der Waals surface area contributed by atoms with Crippen LogP contribution in [0.4, 0.5) is 0 Å². The van der Waals surface area contributed by atoms with Gasteiger partial charge in [-0.2, -0.15) is 0 Å². The number of likely N-dealkylation sites (tertiary alicyclic amines) is 1. The fourth-order valence-corrected chi connectivity index (χ4v) is 4.64. The molecule has 1 aliphatic heterocycles. The van der Waals surface area contributed by atoms with Crippen molar-refractivity contribution in [2.75, 3.05) is 6.54 Å². The minimum atomic E-state index is 0.167. The molecule has 154 valence electrons. The molecule has 1 saturated heterocycles. The molecule has 2 fully saturated rings. The Kier molecular flexibility index (Phi) is 4.93. The predicted octanol–water partition coefficient (Wildman–Crippen LogP) is 5.38. The molecular weight excluding hydrogens is 372 g/mol. The van der Waals surface area contributed by atoms with Crippen LogP contribution >= 0.6 is 0 Å². The molecule has 30 heavy (non-hydrogen) atoms. The van der Waals surface area contributed by atoms with Crippen molar-refractivity contribution < 1.29 is 9.53 Å². The van der Waals surface area contributed by atoms with Gasteiger partial charge in [-0.05, 0) is 61.6 Å². The Morgan fingerprint density at radius 2 is 1.87 bits per heavy atom. The van der Waals surface area contributed by atoms with E-state index in [1.165, 1.54) is 22.1 Å². The van der Waals surface area contributed by atoms with E-state index in [4.69, 9.17) is 4.74 Å². The van der Waals surface area contributed by atoms with Crippen LogP contribution in [0.1, 0.15) is 38.2 Å². The number of benzene rings is 2. The van der Waals surface area contributed by atoms with Crippen LogP contribution in [0.3, 0.4) is 0 Å². The molecule has 0 N–H and O–H groups in total. The molecule has 1 saturated carbocycles. The SMILES string of the molecule is Cc1c(-c2ccc(OC3CCN(C(=O)C4CC4)C(C)C3)cc2)ccc2cccnc12. The Bertz CT molecular complexity index is 1070. The van der Waals surface area contributed by atoms with Crippen LogP contribution in [0.15, 0.2) is 54.7 Å². The Balaban J connectivity index is 1.27. The number of nitrogens with zero attached hydrogens (tertiary/aromatic N) is 2. The number of fused-ring (bicyclic) bond motifs is 1. The van der Waals surface area contributed by atoms with Gasteiger partial charge in [-0.1, -0.05) is 30.3 Å². The summed E-state index contributed by atoms with van der Waals surface area (Å²) in [6.07, 6.45) is 5.96. The first kappa shape index (κ1) is 19.1. The maximum atomic E-state index is 12.4. The van der Waals surface area contributed by atoms with Gasteiger partial charge >= 0.3 is 0 Å². The van der Waals surface area contributed by atoms with E-state index in [1.54, 1.807) is 0 Å². The molecule has 0 radical (unpaired) electrons. The Labute approximate surface area is 177 Å². The lowest BCUT2D eigenvalue weighted by molar-refractivity contribution is -0.137. The Morgan fingerprint density at radius 3 is 2.60 bits per heavy atom. The highest BCUT2D eigenvalue weighted by Gasteiger charge is 2.38. The van der Waals surface area contributed by atoms with Gasteiger partial charge in [-0.3, -0.25) is 9.78 Å². The summed E-state index contributed by atoms with van der Waals surface area (Å²) in [5.41, 5.74) is 4.62. The minimum Gasteiger partial charge on any atom is -0.490 e. The highest BCUT2D eigenvalue weighted by Crippen LogP contribution is 2.34. The van der Waals surface area contributed by atoms with Crippen molar-refractivity contribution in [2.24, 2.45) is 5.92 Å². The van der Waals surface area contributed by atoms with Gasteiger partial charge < -0.3 is 9.64 Å². The first-order valence-corrected chi connectivity index (χ1v) is 11.0. The van der Waals surface area contributed by atoms with E-state index in [2.05, 4.69) is 66.2 Å². The average molecular weight is 401 g/mol. The molecule has 2 heterocycles. The summed E-state index contributed by atoms with van der Waals surface area (Å²) in [5.74, 6) is 1.55. The summed E-state index contributed by atoms with van der Waals surface area (Å²) in [6.45, 7) is 5.09. The first-order chi connectivity index (χ1) is 14.6. The van der Waals surface area contributed by atoms with Crippen LogP contribution in [-0.4, -0.2) is 34.5 Å². The van der Waals surface area contributed by atoms with E-state index in [0.29, 0.717) is 11.8 Å². The van der Waals surface area contributed by atoms with E-state index in [9.17, 15) is 4.79 Å². The van der Waals surface area contributed by atoms with Gasteiger partial charge in [-0.15, -0.1) is 0 Å². The number of ether oxygens (including phenoxy) is 1. The molecule has 1 aromatic heterocycles. The zero-order valence-corrected chi connectivity index (χ0v) is 17.7.